The topological polar surface area (TPSA) is 33.2 Å². The fraction of sp³-hybridized carbons (Fsp3) is 0.0909. The molecule has 0 spiro atoms. The largest absolute Gasteiger partial charge is 0.298 e. The summed E-state index contributed by atoms with van der Waals surface area (Å²) in [6.07, 6.45) is 0. The monoisotopic (exact) mass is 318 g/mol. The summed E-state index contributed by atoms with van der Waals surface area (Å²) in [5.74, 6) is -0.0140. The van der Waals surface area contributed by atoms with Crippen molar-refractivity contribution >= 4 is 59.0 Å². The minimum atomic E-state index is -0.259. The molecule has 0 fully saturated rings. The van der Waals surface area contributed by atoms with Crippen LogP contribution in [0.15, 0.2) is 30.3 Å². The van der Waals surface area contributed by atoms with E-state index in [9.17, 15) is 4.79 Å². The predicted molar refractivity (Wildman–Crippen MR) is 79.2 cm³/mol. The molecule has 0 N–H and O–H groups in total. The summed E-state index contributed by atoms with van der Waals surface area (Å²) >= 11 is 16.8. The van der Waals surface area contributed by atoms with Gasteiger partial charge in [-0.1, -0.05) is 41.4 Å². The number of aromatic nitrogens is 1. The Morgan fingerprint density at radius 2 is 2.00 bits per heavy atom. The Labute approximate surface area is 124 Å². The summed E-state index contributed by atoms with van der Waals surface area (Å²) in [5.41, 5.74) is 0.748. The molecule has 1 heterocycles. The SMILES string of the molecule is O=C(c1snc(Cl)c1Cl)N(CS)c1ccccc1. The molecule has 0 aliphatic heterocycles. The zero-order valence-corrected chi connectivity index (χ0v) is 12.2. The highest BCUT2D eigenvalue weighted by Crippen LogP contribution is 2.30. The van der Waals surface area contributed by atoms with Gasteiger partial charge < -0.3 is 0 Å². The molecular weight excluding hydrogens is 311 g/mol. The molecule has 1 aromatic carbocycles. The Balaban J connectivity index is 2.35. The molecule has 0 saturated carbocycles. The van der Waals surface area contributed by atoms with Gasteiger partial charge in [-0.25, -0.2) is 0 Å². The highest BCUT2D eigenvalue weighted by atomic mass is 35.5. The summed E-state index contributed by atoms with van der Waals surface area (Å²) in [5, 5.41) is 0.339. The number of carbonyl (C=O) groups is 1. The predicted octanol–water partition coefficient (Wildman–Crippen LogP) is 3.98. The van der Waals surface area contributed by atoms with E-state index in [1.807, 2.05) is 30.3 Å². The van der Waals surface area contributed by atoms with Gasteiger partial charge in [0, 0.05) is 5.69 Å². The van der Waals surface area contributed by atoms with E-state index >= 15 is 0 Å². The van der Waals surface area contributed by atoms with Crippen LogP contribution in [0.2, 0.25) is 10.2 Å². The molecule has 0 saturated heterocycles. The van der Waals surface area contributed by atoms with Crippen LogP contribution in [0.25, 0.3) is 0 Å². The minimum absolute atomic E-state index is 0.150. The average Bonchev–Trinajstić information content (AvgIpc) is 2.72. The van der Waals surface area contributed by atoms with E-state index in [0.29, 0.717) is 4.88 Å². The van der Waals surface area contributed by atoms with Gasteiger partial charge in [0.05, 0.1) is 5.88 Å². The first kappa shape index (κ1) is 13.7. The van der Waals surface area contributed by atoms with E-state index in [4.69, 9.17) is 23.2 Å². The van der Waals surface area contributed by atoms with Crippen LogP contribution >= 0.6 is 47.4 Å². The molecule has 7 heteroatoms. The van der Waals surface area contributed by atoms with Crippen LogP contribution < -0.4 is 4.90 Å². The molecule has 0 aliphatic rings. The van der Waals surface area contributed by atoms with Gasteiger partial charge in [-0.15, -0.1) is 0 Å². The summed E-state index contributed by atoms with van der Waals surface area (Å²) in [7, 11) is 0. The van der Waals surface area contributed by atoms with Crippen LogP contribution in [0, 0.1) is 0 Å². The molecule has 3 nitrogen and oxygen atoms in total. The summed E-state index contributed by atoms with van der Waals surface area (Å²) in [6.45, 7) is 0. The van der Waals surface area contributed by atoms with E-state index < -0.39 is 0 Å². The smallest absolute Gasteiger partial charge is 0.272 e. The highest BCUT2D eigenvalue weighted by Gasteiger charge is 2.23. The van der Waals surface area contributed by atoms with E-state index in [-0.39, 0.29) is 22.0 Å². The number of hydrogen-bond donors (Lipinski definition) is 1. The Hall–Kier alpha value is -0.750. The third-order valence-electron chi connectivity index (χ3n) is 2.25. The van der Waals surface area contributed by atoms with Crippen LogP contribution in [0.4, 0.5) is 5.69 Å². The van der Waals surface area contributed by atoms with Crippen molar-refractivity contribution in [3.05, 3.63) is 45.4 Å². The van der Waals surface area contributed by atoms with E-state index in [1.165, 1.54) is 4.90 Å². The summed E-state index contributed by atoms with van der Waals surface area (Å²) < 4.78 is 3.85. The minimum Gasteiger partial charge on any atom is -0.298 e. The summed E-state index contributed by atoms with van der Waals surface area (Å²) in [6, 6.07) is 9.22. The first-order valence-corrected chi connectivity index (χ1v) is 7.09. The number of benzene rings is 1. The normalized spacial score (nSPS) is 10.4. The molecular formula is C11H8Cl2N2OS2. The van der Waals surface area contributed by atoms with Gasteiger partial charge in [-0.3, -0.25) is 9.69 Å². The Morgan fingerprint density at radius 3 is 2.50 bits per heavy atom. The van der Waals surface area contributed by atoms with Gasteiger partial charge in [0.1, 0.15) is 9.90 Å². The second-order valence-electron chi connectivity index (χ2n) is 3.33. The number of nitrogens with zero attached hydrogens (tertiary/aromatic N) is 2. The molecule has 2 rings (SSSR count). The van der Waals surface area contributed by atoms with Crippen molar-refractivity contribution in [2.75, 3.05) is 10.8 Å². The molecule has 1 amide bonds. The van der Waals surface area contributed by atoms with Gasteiger partial charge in [0.15, 0.2) is 5.15 Å². The average molecular weight is 319 g/mol. The van der Waals surface area contributed by atoms with E-state index in [1.54, 1.807) is 0 Å². The number of amides is 1. The number of anilines is 1. The maximum Gasteiger partial charge on any atom is 0.272 e. The Bertz CT molecular complexity index is 559. The van der Waals surface area contributed by atoms with E-state index in [0.717, 1.165) is 17.2 Å². The molecule has 0 atom stereocenters. The highest BCUT2D eigenvalue weighted by molar-refractivity contribution is 7.80. The first-order chi connectivity index (χ1) is 8.65. The zero-order chi connectivity index (χ0) is 13.1. The molecule has 0 unspecified atom stereocenters. The van der Waals surface area contributed by atoms with Crippen LogP contribution in [0.1, 0.15) is 9.67 Å². The molecule has 94 valence electrons. The number of para-hydroxylation sites is 1. The van der Waals surface area contributed by atoms with Gasteiger partial charge in [-0.05, 0) is 23.7 Å². The van der Waals surface area contributed by atoms with E-state index in [2.05, 4.69) is 17.0 Å². The lowest BCUT2D eigenvalue weighted by Crippen LogP contribution is -2.29. The number of thiol groups is 1. The fourth-order valence-corrected chi connectivity index (χ4v) is 2.84. The molecule has 0 radical (unpaired) electrons. The zero-order valence-electron chi connectivity index (χ0n) is 9.01. The molecule has 0 aliphatic carbocycles. The quantitative estimate of drug-likeness (QED) is 0.685. The first-order valence-electron chi connectivity index (χ1n) is 4.93. The maximum atomic E-state index is 12.3. The van der Waals surface area contributed by atoms with Crippen molar-refractivity contribution in [3.63, 3.8) is 0 Å². The van der Waals surface area contributed by atoms with Crippen LogP contribution in [0.3, 0.4) is 0 Å². The Kier molecular flexibility index (Phi) is 4.50. The molecule has 18 heavy (non-hydrogen) atoms. The van der Waals surface area contributed by atoms with Gasteiger partial charge >= 0.3 is 0 Å². The van der Waals surface area contributed by atoms with Crippen LogP contribution in [-0.2, 0) is 0 Å². The van der Waals surface area contributed by atoms with Crippen LogP contribution in [0.5, 0.6) is 0 Å². The van der Waals surface area contributed by atoms with Gasteiger partial charge in [-0.2, -0.15) is 17.0 Å². The number of hydrogen-bond acceptors (Lipinski definition) is 4. The standard InChI is InChI=1S/C11H8Cl2N2OS2/c12-8-9(18-14-10(8)13)11(16)15(6-17)7-4-2-1-3-5-7/h1-5,17H,6H2. The van der Waals surface area contributed by atoms with Crippen LogP contribution in [-0.4, -0.2) is 16.2 Å². The Morgan fingerprint density at radius 1 is 1.33 bits per heavy atom. The number of halogens is 2. The van der Waals surface area contributed by atoms with Crippen molar-refractivity contribution in [1.29, 1.82) is 0 Å². The van der Waals surface area contributed by atoms with Crippen molar-refractivity contribution in [2.45, 2.75) is 0 Å². The summed E-state index contributed by atoms with van der Waals surface area (Å²) in [4.78, 5) is 14.1. The molecule has 1 aromatic heterocycles. The fourth-order valence-electron chi connectivity index (χ4n) is 1.39. The van der Waals surface area contributed by atoms with Crippen molar-refractivity contribution in [2.24, 2.45) is 0 Å². The number of carbonyl (C=O) groups excluding carboxylic acids is 1. The lowest BCUT2D eigenvalue weighted by atomic mass is 10.3. The van der Waals surface area contributed by atoms with Crippen molar-refractivity contribution in [3.8, 4) is 0 Å². The molecule has 0 bridgehead atoms. The van der Waals surface area contributed by atoms with Crippen molar-refractivity contribution < 1.29 is 4.79 Å². The maximum absolute atomic E-state index is 12.3. The lowest BCUT2D eigenvalue weighted by molar-refractivity contribution is 0.0995. The van der Waals surface area contributed by atoms with Gasteiger partial charge in [0.25, 0.3) is 5.91 Å². The van der Waals surface area contributed by atoms with Gasteiger partial charge in [0.2, 0.25) is 0 Å². The third-order valence-corrected chi connectivity index (χ3v) is 4.31. The second-order valence-corrected chi connectivity index (χ2v) is 5.12. The molecule has 2 aromatic rings. The second kappa shape index (κ2) is 5.93. The third kappa shape index (κ3) is 2.64. The van der Waals surface area contributed by atoms with Crippen molar-refractivity contribution in [1.82, 2.24) is 4.37 Å². The lowest BCUT2D eigenvalue weighted by Gasteiger charge is -2.19. The number of rotatable bonds is 3.